The van der Waals surface area contributed by atoms with Crippen molar-refractivity contribution in [2.75, 3.05) is 6.54 Å². The lowest BCUT2D eigenvalue weighted by atomic mass is 9.81. The predicted molar refractivity (Wildman–Crippen MR) is 107 cm³/mol. The Bertz CT molecular complexity index is 936. The van der Waals surface area contributed by atoms with Gasteiger partial charge >= 0.3 is 6.09 Å². The number of nitrogens with zero attached hydrogens (tertiary/aromatic N) is 3. The van der Waals surface area contributed by atoms with Crippen molar-refractivity contribution in [2.45, 2.75) is 38.2 Å². The van der Waals surface area contributed by atoms with E-state index >= 15 is 0 Å². The van der Waals surface area contributed by atoms with E-state index in [1.54, 1.807) is 12.4 Å². The summed E-state index contributed by atoms with van der Waals surface area (Å²) in [7, 11) is 0. The molecule has 3 aromatic rings. The van der Waals surface area contributed by atoms with Gasteiger partial charge < -0.3 is 10.1 Å². The van der Waals surface area contributed by atoms with Crippen LogP contribution in [0.4, 0.5) is 4.79 Å². The van der Waals surface area contributed by atoms with Gasteiger partial charge in [-0.05, 0) is 37.2 Å². The van der Waals surface area contributed by atoms with Gasteiger partial charge in [-0.2, -0.15) is 0 Å². The van der Waals surface area contributed by atoms with Crippen LogP contribution in [0.2, 0.25) is 5.15 Å². The first kappa shape index (κ1) is 18.7. The second-order valence-electron chi connectivity index (χ2n) is 7.25. The van der Waals surface area contributed by atoms with Crippen molar-refractivity contribution in [3.8, 4) is 0 Å². The van der Waals surface area contributed by atoms with Crippen molar-refractivity contribution in [2.24, 2.45) is 5.92 Å². The highest BCUT2D eigenvalue weighted by atomic mass is 35.5. The maximum Gasteiger partial charge on any atom is 0.407 e. The quantitative estimate of drug-likeness (QED) is 0.682. The summed E-state index contributed by atoms with van der Waals surface area (Å²) in [5.74, 6) is 1.92. The summed E-state index contributed by atoms with van der Waals surface area (Å²) >= 11 is 6.14. The maximum absolute atomic E-state index is 11.9. The summed E-state index contributed by atoms with van der Waals surface area (Å²) in [6.07, 6.45) is 9.26. The molecule has 1 aliphatic carbocycles. The van der Waals surface area contributed by atoms with Crippen molar-refractivity contribution < 1.29 is 9.53 Å². The average Bonchev–Trinajstić information content (AvgIpc) is 3.17. The normalized spacial score (nSPS) is 19.5. The molecular formula is C21H23ClN4O2. The highest BCUT2D eigenvalue weighted by Gasteiger charge is 2.26. The monoisotopic (exact) mass is 398 g/mol. The molecule has 0 radical (unpaired) electrons. The number of rotatable bonds is 5. The van der Waals surface area contributed by atoms with E-state index in [4.69, 9.17) is 16.3 Å². The molecule has 1 amide bonds. The molecule has 0 aliphatic heterocycles. The number of carbonyl (C=O) groups excluding carboxylic acids is 1. The van der Waals surface area contributed by atoms with Crippen LogP contribution in [0.15, 0.2) is 48.9 Å². The zero-order valence-corrected chi connectivity index (χ0v) is 16.3. The number of alkyl carbamates (subject to hydrolysis) is 1. The van der Waals surface area contributed by atoms with Gasteiger partial charge in [0.25, 0.3) is 0 Å². The number of ether oxygens (including phenoxy) is 1. The van der Waals surface area contributed by atoms with Crippen LogP contribution < -0.4 is 5.32 Å². The van der Waals surface area contributed by atoms with Crippen molar-refractivity contribution >= 4 is 23.2 Å². The summed E-state index contributed by atoms with van der Waals surface area (Å²) < 4.78 is 7.32. The Morgan fingerprint density at radius 2 is 1.96 bits per heavy atom. The largest absolute Gasteiger partial charge is 0.445 e. The molecule has 28 heavy (non-hydrogen) atoms. The maximum atomic E-state index is 11.9. The molecule has 1 fully saturated rings. The first-order chi connectivity index (χ1) is 13.7. The number of amides is 1. The number of halogens is 1. The van der Waals surface area contributed by atoms with Crippen LogP contribution in [0.1, 0.15) is 43.0 Å². The van der Waals surface area contributed by atoms with E-state index in [0.717, 1.165) is 42.6 Å². The van der Waals surface area contributed by atoms with E-state index in [2.05, 4.69) is 15.3 Å². The summed E-state index contributed by atoms with van der Waals surface area (Å²) in [5, 5.41) is 3.38. The Kier molecular flexibility index (Phi) is 5.76. The summed E-state index contributed by atoms with van der Waals surface area (Å²) in [5.41, 5.74) is 1.84. The van der Waals surface area contributed by atoms with Gasteiger partial charge in [-0.15, -0.1) is 0 Å². The third kappa shape index (κ3) is 4.28. The molecule has 4 rings (SSSR count). The molecule has 0 atom stereocenters. The summed E-state index contributed by atoms with van der Waals surface area (Å²) in [4.78, 5) is 20.6. The zero-order chi connectivity index (χ0) is 19.3. The first-order valence-electron chi connectivity index (χ1n) is 9.62. The van der Waals surface area contributed by atoms with Crippen LogP contribution in [0.3, 0.4) is 0 Å². The number of carbonyl (C=O) groups is 1. The third-order valence-electron chi connectivity index (χ3n) is 5.40. The average molecular weight is 399 g/mol. The SMILES string of the molecule is O=C(NCC1CCC(c2ncc3c(Cl)nccn23)CC1)OCc1ccccc1. The number of hydrogen-bond donors (Lipinski definition) is 1. The molecule has 1 aliphatic rings. The number of fused-ring (bicyclic) bond motifs is 1. The lowest BCUT2D eigenvalue weighted by Gasteiger charge is -2.27. The van der Waals surface area contributed by atoms with E-state index in [-0.39, 0.29) is 6.09 Å². The van der Waals surface area contributed by atoms with Crippen LogP contribution in [0.25, 0.3) is 5.52 Å². The fourth-order valence-corrected chi connectivity index (χ4v) is 4.04. The molecule has 2 heterocycles. The number of aromatic nitrogens is 3. The van der Waals surface area contributed by atoms with Gasteiger partial charge in [0.15, 0.2) is 5.15 Å². The first-order valence-corrected chi connectivity index (χ1v) is 10.0. The van der Waals surface area contributed by atoms with Crippen LogP contribution in [0.5, 0.6) is 0 Å². The van der Waals surface area contributed by atoms with Gasteiger partial charge in [-0.3, -0.25) is 4.40 Å². The van der Waals surface area contributed by atoms with E-state index in [9.17, 15) is 4.79 Å². The van der Waals surface area contributed by atoms with Crippen LogP contribution in [0, 0.1) is 5.92 Å². The van der Waals surface area contributed by atoms with E-state index in [1.807, 2.05) is 40.9 Å². The lowest BCUT2D eigenvalue weighted by molar-refractivity contribution is 0.136. The van der Waals surface area contributed by atoms with Gasteiger partial charge in [-0.1, -0.05) is 41.9 Å². The summed E-state index contributed by atoms with van der Waals surface area (Å²) in [6, 6.07) is 9.69. The minimum absolute atomic E-state index is 0.295. The van der Waals surface area contributed by atoms with Gasteiger partial charge in [0.1, 0.15) is 17.9 Å². The van der Waals surface area contributed by atoms with Crippen molar-refractivity contribution in [3.05, 3.63) is 65.5 Å². The third-order valence-corrected chi connectivity index (χ3v) is 5.69. The van der Waals surface area contributed by atoms with Gasteiger partial charge in [0.05, 0.1) is 6.20 Å². The molecule has 1 saturated carbocycles. The fourth-order valence-electron chi connectivity index (χ4n) is 3.84. The second kappa shape index (κ2) is 8.61. The Morgan fingerprint density at radius 3 is 2.75 bits per heavy atom. The Labute approximate surface area is 168 Å². The van der Waals surface area contributed by atoms with Gasteiger partial charge in [0, 0.05) is 24.9 Å². The number of hydrogen-bond acceptors (Lipinski definition) is 4. The second-order valence-corrected chi connectivity index (χ2v) is 7.61. The Hall–Kier alpha value is -2.60. The molecule has 0 saturated heterocycles. The number of nitrogens with one attached hydrogen (secondary N) is 1. The minimum Gasteiger partial charge on any atom is -0.445 e. The van der Waals surface area contributed by atoms with E-state index in [1.165, 1.54) is 0 Å². The Morgan fingerprint density at radius 1 is 1.18 bits per heavy atom. The van der Waals surface area contributed by atoms with Gasteiger partial charge in [0.2, 0.25) is 0 Å². The van der Waals surface area contributed by atoms with Crippen LogP contribution in [-0.4, -0.2) is 27.0 Å². The Balaban J connectivity index is 1.24. The molecule has 146 valence electrons. The molecule has 6 nitrogen and oxygen atoms in total. The zero-order valence-electron chi connectivity index (χ0n) is 15.6. The molecule has 1 N–H and O–H groups in total. The standard InChI is InChI=1S/C21H23ClN4O2/c22-19-18-13-24-20(26(18)11-10-23-19)17-8-6-15(7-9-17)12-25-21(27)28-14-16-4-2-1-3-5-16/h1-5,10-11,13,15,17H,6-9,12,14H2,(H,25,27). The molecular weight excluding hydrogens is 376 g/mol. The number of imidazole rings is 1. The molecule has 0 spiro atoms. The molecule has 0 unspecified atom stereocenters. The highest BCUT2D eigenvalue weighted by Crippen LogP contribution is 2.35. The van der Waals surface area contributed by atoms with Crippen molar-refractivity contribution in [3.63, 3.8) is 0 Å². The number of benzene rings is 1. The lowest BCUT2D eigenvalue weighted by Crippen LogP contribution is -2.31. The molecule has 2 aromatic heterocycles. The topological polar surface area (TPSA) is 68.5 Å². The highest BCUT2D eigenvalue weighted by molar-refractivity contribution is 6.32. The van der Waals surface area contributed by atoms with E-state index < -0.39 is 0 Å². The van der Waals surface area contributed by atoms with Crippen LogP contribution in [-0.2, 0) is 11.3 Å². The van der Waals surface area contributed by atoms with E-state index in [0.29, 0.717) is 30.1 Å². The minimum atomic E-state index is -0.354. The fraction of sp³-hybridized carbons (Fsp3) is 0.381. The van der Waals surface area contributed by atoms with Crippen LogP contribution >= 0.6 is 11.6 Å². The van der Waals surface area contributed by atoms with Crippen molar-refractivity contribution in [1.29, 1.82) is 0 Å². The molecule has 0 bridgehead atoms. The van der Waals surface area contributed by atoms with Gasteiger partial charge in [-0.25, -0.2) is 14.8 Å². The van der Waals surface area contributed by atoms with Crippen molar-refractivity contribution in [1.82, 2.24) is 19.7 Å². The summed E-state index contributed by atoms with van der Waals surface area (Å²) in [6.45, 7) is 0.947. The predicted octanol–water partition coefficient (Wildman–Crippen LogP) is 4.58. The molecule has 1 aromatic carbocycles. The smallest absolute Gasteiger partial charge is 0.407 e. The molecule has 7 heteroatoms.